The highest BCUT2D eigenvalue weighted by Gasteiger charge is 2.15. The Morgan fingerprint density at radius 1 is 1.27 bits per heavy atom. The Kier molecular flexibility index (Phi) is 5.90. The van der Waals surface area contributed by atoms with Gasteiger partial charge in [0.25, 0.3) is 5.91 Å². The number of para-hydroxylation sites is 1. The van der Waals surface area contributed by atoms with Gasteiger partial charge in [-0.15, -0.1) is 0 Å². The van der Waals surface area contributed by atoms with Gasteiger partial charge in [-0.05, 0) is 43.5 Å². The number of aryl methyl sites for hydroxylation is 2. The molecule has 0 spiro atoms. The molecule has 0 aromatic heterocycles. The molecule has 0 radical (unpaired) electrons. The van der Waals surface area contributed by atoms with Gasteiger partial charge in [-0.1, -0.05) is 18.2 Å². The molecule has 0 saturated heterocycles. The molecule has 8 heteroatoms. The zero-order chi connectivity index (χ0) is 19.3. The number of carbonyl (C=O) groups is 1. The second-order valence-electron chi connectivity index (χ2n) is 5.71. The van der Waals surface area contributed by atoms with Gasteiger partial charge < -0.3 is 9.84 Å². The van der Waals surface area contributed by atoms with E-state index in [9.17, 15) is 20.0 Å². The third-order valence-corrected chi connectivity index (χ3v) is 3.86. The summed E-state index contributed by atoms with van der Waals surface area (Å²) in [5.74, 6) is -0.357. The molecular weight excluding hydrogens is 338 g/mol. The lowest BCUT2D eigenvalue weighted by Crippen LogP contribution is -2.25. The number of hydrogen-bond acceptors (Lipinski definition) is 6. The highest BCUT2D eigenvalue weighted by atomic mass is 16.6. The number of aromatic hydroxyl groups is 1. The Balaban J connectivity index is 1.98. The van der Waals surface area contributed by atoms with Gasteiger partial charge >= 0.3 is 5.69 Å². The number of rotatable bonds is 6. The molecule has 2 N–H and O–H groups in total. The number of carbonyl (C=O) groups excluding carboxylic acids is 1. The van der Waals surface area contributed by atoms with Crippen LogP contribution in [0.4, 0.5) is 5.69 Å². The number of hydrogen-bond donors (Lipinski definition) is 2. The van der Waals surface area contributed by atoms with Crippen LogP contribution in [0.25, 0.3) is 0 Å². The lowest BCUT2D eigenvalue weighted by Gasteiger charge is -2.13. The Morgan fingerprint density at radius 3 is 2.65 bits per heavy atom. The van der Waals surface area contributed by atoms with E-state index in [0.29, 0.717) is 5.75 Å². The summed E-state index contributed by atoms with van der Waals surface area (Å²) in [7, 11) is 0. The summed E-state index contributed by atoms with van der Waals surface area (Å²) in [6, 6.07) is 7.92. The predicted molar refractivity (Wildman–Crippen MR) is 96.6 cm³/mol. The Bertz CT molecular complexity index is 877. The van der Waals surface area contributed by atoms with E-state index in [0.717, 1.165) is 22.9 Å². The smallest absolute Gasteiger partial charge is 0.311 e. The Hall–Kier alpha value is -3.42. The zero-order valence-corrected chi connectivity index (χ0v) is 14.6. The van der Waals surface area contributed by atoms with Crippen molar-refractivity contribution in [2.24, 2.45) is 5.10 Å². The fraction of sp³-hybridized carbons (Fsp3) is 0.222. The van der Waals surface area contributed by atoms with Crippen LogP contribution in [0.2, 0.25) is 0 Å². The molecule has 8 nitrogen and oxygen atoms in total. The fourth-order valence-electron chi connectivity index (χ4n) is 2.29. The van der Waals surface area contributed by atoms with Crippen molar-refractivity contribution in [3.63, 3.8) is 0 Å². The maximum Gasteiger partial charge on any atom is 0.311 e. The normalized spacial score (nSPS) is 10.7. The van der Waals surface area contributed by atoms with E-state index in [1.165, 1.54) is 18.2 Å². The number of hydrazone groups is 1. The first-order valence-electron chi connectivity index (χ1n) is 7.79. The summed E-state index contributed by atoms with van der Waals surface area (Å²) in [5, 5.41) is 24.3. The number of nitrogens with zero attached hydrogens (tertiary/aromatic N) is 2. The van der Waals surface area contributed by atoms with Gasteiger partial charge in [0.15, 0.2) is 6.61 Å². The average molecular weight is 357 g/mol. The van der Waals surface area contributed by atoms with Gasteiger partial charge in [0.2, 0.25) is 5.75 Å². The first kappa shape index (κ1) is 18.9. The van der Waals surface area contributed by atoms with Gasteiger partial charge in [0.05, 0.1) is 11.1 Å². The molecule has 2 aromatic rings. The van der Waals surface area contributed by atoms with Gasteiger partial charge in [-0.25, -0.2) is 5.43 Å². The van der Waals surface area contributed by atoms with Crippen molar-refractivity contribution in [2.75, 3.05) is 6.61 Å². The highest BCUT2D eigenvalue weighted by molar-refractivity contribution is 5.87. The van der Waals surface area contributed by atoms with Crippen molar-refractivity contribution in [3.05, 3.63) is 62.7 Å². The van der Waals surface area contributed by atoms with Crippen LogP contribution in [0, 0.1) is 30.9 Å². The predicted octanol–water partition coefficient (Wildman–Crippen LogP) is 2.75. The molecule has 0 aliphatic carbocycles. The molecule has 0 fully saturated rings. The molecule has 0 saturated carbocycles. The SMILES string of the molecule is Cc1ccc(C)c(OCC(=O)NN=Cc2cccc([N+](=O)[O-])c2O)c1C. The molecule has 26 heavy (non-hydrogen) atoms. The van der Waals surface area contributed by atoms with E-state index in [2.05, 4.69) is 10.5 Å². The number of ether oxygens (including phenoxy) is 1. The molecule has 1 amide bonds. The van der Waals surface area contributed by atoms with E-state index in [4.69, 9.17) is 4.74 Å². The molecular formula is C18H19N3O5. The van der Waals surface area contributed by atoms with Crippen molar-refractivity contribution in [1.29, 1.82) is 0 Å². The second-order valence-corrected chi connectivity index (χ2v) is 5.71. The molecule has 2 rings (SSSR count). The van der Waals surface area contributed by atoms with Crippen LogP contribution in [0.15, 0.2) is 35.4 Å². The molecule has 0 aliphatic rings. The van der Waals surface area contributed by atoms with Crippen LogP contribution in [0.5, 0.6) is 11.5 Å². The number of phenols is 1. The second kappa shape index (κ2) is 8.11. The third-order valence-electron chi connectivity index (χ3n) is 3.86. The van der Waals surface area contributed by atoms with Crippen LogP contribution in [-0.2, 0) is 4.79 Å². The Morgan fingerprint density at radius 2 is 1.96 bits per heavy atom. The zero-order valence-electron chi connectivity index (χ0n) is 14.6. The van der Waals surface area contributed by atoms with E-state index >= 15 is 0 Å². The Labute approximate surface area is 150 Å². The van der Waals surface area contributed by atoms with E-state index in [1.807, 2.05) is 32.9 Å². The van der Waals surface area contributed by atoms with Gasteiger partial charge in [0, 0.05) is 11.6 Å². The van der Waals surface area contributed by atoms with Crippen LogP contribution >= 0.6 is 0 Å². The first-order valence-corrected chi connectivity index (χ1v) is 7.79. The van der Waals surface area contributed by atoms with Crippen molar-refractivity contribution in [2.45, 2.75) is 20.8 Å². The number of benzene rings is 2. The molecule has 0 atom stereocenters. The number of amides is 1. The maximum atomic E-state index is 11.9. The van der Waals surface area contributed by atoms with Gasteiger partial charge in [-0.2, -0.15) is 5.10 Å². The molecule has 2 aromatic carbocycles. The summed E-state index contributed by atoms with van der Waals surface area (Å²) >= 11 is 0. The summed E-state index contributed by atoms with van der Waals surface area (Å²) in [4.78, 5) is 21.9. The fourth-order valence-corrected chi connectivity index (χ4v) is 2.29. The quantitative estimate of drug-likeness (QED) is 0.469. The summed E-state index contributed by atoms with van der Waals surface area (Å²) in [5.41, 5.74) is 4.88. The average Bonchev–Trinajstić information content (AvgIpc) is 2.59. The molecule has 0 heterocycles. The highest BCUT2D eigenvalue weighted by Crippen LogP contribution is 2.28. The number of nitro groups is 1. The van der Waals surface area contributed by atoms with E-state index < -0.39 is 22.3 Å². The molecule has 0 bridgehead atoms. The molecule has 0 unspecified atom stereocenters. The lowest BCUT2D eigenvalue weighted by molar-refractivity contribution is -0.385. The van der Waals surface area contributed by atoms with Gasteiger partial charge in [-0.3, -0.25) is 14.9 Å². The summed E-state index contributed by atoms with van der Waals surface area (Å²) in [6.45, 7) is 5.53. The van der Waals surface area contributed by atoms with Crippen LogP contribution in [-0.4, -0.2) is 28.8 Å². The lowest BCUT2D eigenvalue weighted by atomic mass is 10.1. The maximum absolute atomic E-state index is 11.9. The number of nitrogens with one attached hydrogen (secondary N) is 1. The minimum Gasteiger partial charge on any atom is -0.502 e. The van der Waals surface area contributed by atoms with E-state index in [-0.39, 0.29) is 12.2 Å². The van der Waals surface area contributed by atoms with Crippen molar-refractivity contribution in [3.8, 4) is 11.5 Å². The van der Waals surface area contributed by atoms with E-state index in [1.54, 1.807) is 0 Å². The standard InChI is InChI=1S/C18H19N3O5/c1-11-7-8-12(2)18(13(11)3)26-10-16(22)20-19-9-14-5-4-6-15(17(14)23)21(24)25/h4-9,23H,10H2,1-3H3,(H,20,22). The third kappa shape index (κ3) is 4.35. The number of nitro benzene ring substituents is 1. The summed E-state index contributed by atoms with van der Waals surface area (Å²) < 4.78 is 5.56. The van der Waals surface area contributed by atoms with Crippen LogP contribution in [0.1, 0.15) is 22.3 Å². The van der Waals surface area contributed by atoms with Crippen LogP contribution < -0.4 is 10.2 Å². The largest absolute Gasteiger partial charge is 0.502 e. The minimum atomic E-state index is -0.703. The minimum absolute atomic E-state index is 0.116. The molecule has 0 aliphatic heterocycles. The topological polar surface area (TPSA) is 114 Å². The van der Waals surface area contributed by atoms with Crippen LogP contribution in [0.3, 0.4) is 0 Å². The van der Waals surface area contributed by atoms with Gasteiger partial charge in [0.1, 0.15) is 5.75 Å². The van der Waals surface area contributed by atoms with Crippen molar-refractivity contribution < 1.29 is 19.6 Å². The number of phenolic OH excluding ortho intramolecular Hbond substituents is 1. The van der Waals surface area contributed by atoms with Crippen molar-refractivity contribution >= 4 is 17.8 Å². The first-order chi connectivity index (χ1) is 12.3. The van der Waals surface area contributed by atoms with Crippen molar-refractivity contribution in [1.82, 2.24) is 5.43 Å². The molecule has 136 valence electrons. The monoisotopic (exact) mass is 357 g/mol. The summed E-state index contributed by atoms with van der Waals surface area (Å²) in [6.07, 6.45) is 1.13.